The fourth-order valence-corrected chi connectivity index (χ4v) is 5.90. The molecule has 2 heterocycles. The second-order valence-electron chi connectivity index (χ2n) is 10.1. The topological polar surface area (TPSA) is 42.7 Å². The molecule has 2 aromatic rings. The minimum absolute atomic E-state index is 0.150. The normalized spacial score (nSPS) is 30.7. The number of furan rings is 1. The van der Waals surface area contributed by atoms with E-state index in [4.69, 9.17) is 9.15 Å². The predicted molar refractivity (Wildman–Crippen MR) is 105 cm³/mol. The number of nitrogens with zero attached hydrogens (tertiary/aromatic N) is 1. The van der Waals surface area contributed by atoms with E-state index in [1.54, 1.807) is 6.26 Å². The zero-order valence-electron chi connectivity index (χ0n) is 16.6. The summed E-state index contributed by atoms with van der Waals surface area (Å²) in [7, 11) is 0. The van der Waals surface area contributed by atoms with Crippen LogP contribution in [0.4, 0.5) is 4.79 Å². The first-order chi connectivity index (χ1) is 12.8. The summed E-state index contributed by atoms with van der Waals surface area (Å²) in [6.45, 7) is 7.48. The van der Waals surface area contributed by atoms with Crippen LogP contribution >= 0.6 is 0 Å². The quantitative estimate of drug-likeness (QED) is 0.704. The monoisotopic (exact) mass is 367 g/mol. The van der Waals surface area contributed by atoms with Crippen molar-refractivity contribution >= 4 is 17.1 Å². The first-order valence-corrected chi connectivity index (χ1v) is 10.2. The summed E-state index contributed by atoms with van der Waals surface area (Å²) in [4.78, 5) is 14.2. The van der Waals surface area contributed by atoms with Gasteiger partial charge in [0, 0.05) is 18.5 Å². The fraction of sp³-hybridized carbons (Fsp3) is 0.609. The first-order valence-electron chi connectivity index (χ1n) is 10.2. The van der Waals surface area contributed by atoms with Crippen LogP contribution in [0.15, 0.2) is 34.9 Å². The van der Waals surface area contributed by atoms with Crippen molar-refractivity contribution in [1.82, 2.24) is 4.90 Å². The van der Waals surface area contributed by atoms with E-state index in [1.165, 1.54) is 30.2 Å². The van der Waals surface area contributed by atoms with Gasteiger partial charge in [-0.2, -0.15) is 0 Å². The van der Waals surface area contributed by atoms with Gasteiger partial charge in [-0.15, -0.1) is 0 Å². The summed E-state index contributed by atoms with van der Waals surface area (Å²) in [6, 6.07) is 8.77. The van der Waals surface area contributed by atoms with Gasteiger partial charge in [0.1, 0.15) is 11.2 Å². The van der Waals surface area contributed by atoms with E-state index >= 15 is 0 Å². The predicted octanol–water partition coefficient (Wildman–Crippen LogP) is 5.50. The number of hydrogen-bond donors (Lipinski definition) is 0. The molecule has 144 valence electrons. The summed E-state index contributed by atoms with van der Waals surface area (Å²) in [5.74, 6) is 0.760. The van der Waals surface area contributed by atoms with Gasteiger partial charge in [-0.1, -0.05) is 6.07 Å². The standard InChI is InChI=1S/C23H29NO3/c1-21(2,3)27-20(25)24-9-6-17(7-10-24)22-13-23(14-22,15-22)18-4-5-19-16(12-18)8-11-26-19/h4-5,8,11-12,17H,6-7,9-10,13-15H2,1-3H3. The van der Waals surface area contributed by atoms with Crippen molar-refractivity contribution in [2.75, 3.05) is 13.1 Å². The second kappa shape index (κ2) is 5.52. The third-order valence-electron chi connectivity index (χ3n) is 7.15. The summed E-state index contributed by atoms with van der Waals surface area (Å²) < 4.78 is 11.0. The Kier molecular flexibility index (Phi) is 3.51. The smallest absolute Gasteiger partial charge is 0.410 e. The zero-order chi connectivity index (χ0) is 18.9. The molecule has 2 bridgehead atoms. The highest BCUT2D eigenvalue weighted by Gasteiger charge is 2.70. The lowest BCUT2D eigenvalue weighted by Gasteiger charge is -2.74. The molecule has 0 atom stereocenters. The number of amides is 1. The number of hydrogen-bond acceptors (Lipinski definition) is 3. The maximum atomic E-state index is 12.3. The Bertz CT molecular complexity index is 863. The molecule has 0 radical (unpaired) electrons. The number of carbonyl (C=O) groups is 1. The lowest BCUT2D eigenvalue weighted by atomic mass is 9.30. The largest absolute Gasteiger partial charge is 0.464 e. The van der Waals surface area contributed by atoms with Crippen molar-refractivity contribution in [3.63, 3.8) is 0 Å². The molecular formula is C23H29NO3. The van der Waals surface area contributed by atoms with Gasteiger partial charge < -0.3 is 14.1 Å². The number of ether oxygens (including phenoxy) is 1. The van der Waals surface area contributed by atoms with E-state index in [0.717, 1.165) is 37.4 Å². The van der Waals surface area contributed by atoms with Gasteiger partial charge in [0.2, 0.25) is 0 Å². The minimum atomic E-state index is -0.412. The van der Waals surface area contributed by atoms with Crippen molar-refractivity contribution in [2.45, 2.75) is 63.9 Å². The third-order valence-corrected chi connectivity index (χ3v) is 7.15. The van der Waals surface area contributed by atoms with Crippen LogP contribution in [-0.2, 0) is 10.2 Å². The average Bonchev–Trinajstić information content (AvgIpc) is 2.99. The van der Waals surface area contributed by atoms with E-state index in [-0.39, 0.29) is 6.09 Å². The maximum absolute atomic E-state index is 12.3. The summed E-state index contributed by atoms with van der Waals surface area (Å²) in [5.41, 5.74) is 3.00. The van der Waals surface area contributed by atoms with Gasteiger partial charge in [-0.3, -0.25) is 0 Å². The van der Waals surface area contributed by atoms with E-state index in [2.05, 4.69) is 24.3 Å². The fourth-order valence-electron chi connectivity index (χ4n) is 5.90. The molecule has 4 fully saturated rings. The SMILES string of the molecule is CC(C)(C)OC(=O)N1CCC(C23CC(c4ccc5occc5c4)(C2)C3)CC1. The van der Waals surface area contributed by atoms with Crippen LogP contribution in [-0.4, -0.2) is 29.7 Å². The molecule has 4 aliphatic rings. The van der Waals surface area contributed by atoms with Crippen molar-refractivity contribution in [3.05, 3.63) is 36.1 Å². The molecule has 0 N–H and O–H groups in total. The van der Waals surface area contributed by atoms with Gasteiger partial charge in [0.15, 0.2) is 0 Å². The Labute approximate surface area is 160 Å². The van der Waals surface area contributed by atoms with Crippen molar-refractivity contribution < 1.29 is 13.9 Å². The molecular weight excluding hydrogens is 338 g/mol. The summed E-state index contributed by atoms with van der Waals surface area (Å²) >= 11 is 0. The van der Waals surface area contributed by atoms with Gasteiger partial charge in [-0.05, 0) is 93.4 Å². The summed E-state index contributed by atoms with van der Waals surface area (Å²) in [5, 5.41) is 1.22. The van der Waals surface area contributed by atoms with Crippen molar-refractivity contribution in [2.24, 2.45) is 11.3 Å². The van der Waals surface area contributed by atoms with E-state index < -0.39 is 5.60 Å². The Hall–Kier alpha value is -1.97. The van der Waals surface area contributed by atoms with Gasteiger partial charge in [0.25, 0.3) is 0 Å². The molecule has 6 rings (SSSR count). The van der Waals surface area contributed by atoms with Crippen LogP contribution in [0.3, 0.4) is 0 Å². The highest BCUT2D eigenvalue weighted by atomic mass is 16.6. The maximum Gasteiger partial charge on any atom is 0.410 e. The lowest BCUT2D eigenvalue weighted by molar-refractivity contribution is -0.190. The van der Waals surface area contributed by atoms with E-state index in [9.17, 15) is 4.79 Å². The average molecular weight is 367 g/mol. The van der Waals surface area contributed by atoms with Gasteiger partial charge >= 0.3 is 6.09 Å². The number of benzene rings is 1. The number of rotatable bonds is 2. The summed E-state index contributed by atoms with van der Waals surface area (Å²) in [6.07, 6.45) is 7.83. The first kappa shape index (κ1) is 17.2. The van der Waals surface area contributed by atoms with Crippen LogP contribution < -0.4 is 0 Å². The molecule has 1 aliphatic heterocycles. The molecule has 0 unspecified atom stereocenters. The second-order valence-corrected chi connectivity index (χ2v) is 10.1. The molecule has 1 saturated heterocycles. The number of carbonyl (C=O) groups excluding carboxylic acids is 1. The Morgan fingerprint density at radius 1 is 1.15 bits per heavy atom. The van der Waals surface area contributed by atoms with Crippen LogP contribution in [0.25, 0.3) is 11.0 Å². The number of likely N-dealkylation sites (tertiary alicyclic amines) is 1. The molecule has 4 heteroatoms. The van der Waals surface area contributed by atoms with Crippen LogP contribution in [0.1, 0.15) is 58.4 Å². The Balaban J connectivity index is 1.19. The Morgan fingerprint density at radius 2 is 1.85 bits per heavy atom. The zero-order valence-corrected chi connectivity index (χ0v) is 16.6. The van der Waals surface area contributed by atoms with Crippen LogP contribution in [0.5, 0.6) is 0 Å². The van der Waals surface area contributed by atoms with Crippen LogP contribution in [0.2, 0.25) is 0 Å². The molecule has 1 aromatic carbocycles. The lowest BCUT2D eigenvalue weighted by Crippen LogP contribution is -2.68. The Morgan fingerprint density at radius 3 is 2.52 bits per heavy atom. The third kappa shape index (κ3) is 2.67. The van der Waals surface area contributed by atoms with Gasteiger partial charge in [0.05, 0.1) is 6.26 Å². The van der Waals surface area contributed by atoms with Crippen molar-refractivity contribution in [1.29, 1.82) is 0 Å². The number of fused-ring (bicyclic) bond motifs is 1. The van der Waals surface area contributed by atoms with E-state index in [0.29, 0.717) is 10.8 Å². The molecule has 3 saturated carbocycles. The van der Waals surface area contributed by atoms with E-state index in [1.807, 2.05) is 25.7 Å². The number of piperidine rings is 1. The van der Waals surface area contributed by atoms with Crippen LogP contribution in [0, 0.1) is 11.3 Å². The highest BCUT2D eigenvalue weighted by Crippen LogP contribution is 2.77. The molecule has 27 heavy (non-hydrogen) atoms. The highest BCUT2D eigenvalue weighted by molar-refractivity contribution is 5.78. The molecule has 0 spiro atoms. The van der Waals surface area contributed by atoms with Gasteiger partial charge in [-0.25, -0.2) is 4.79 Å². The van der Waals surface area contributed by atoms with Crippen molar-refractivity contribution in [3.8, 4) is 0 Å². The molecule has 1 aromatic heterocycles. The minimum Gasteiger partial charge on any atom is -0.464 e. The molecule has 3 aliphatic carbocycles. The molecule has 4 nitrogen and oxygen atoms in total. The molecule has 1 amide bonds.